The molecular weight excluding hydrogens is 430 g/mol. The number of nitrogens with zero attached hydrogens (tertiary/aromatic N) is 2. The smallest absolute Gasteiger partial charge is 0.264 e. The van der Waals surface area contributed by atoms with Crippen LogP contribution in [0.25, 0.3) is 6.08 Å². The van der Waals surface area contributed by atoms with Gasteiger partial charge in [0.05, 0.1) is 17.7 Å². The first kappa shape index (κ1) is 23.1. The van der Waals surface area contributed by atoms with Gasteiger partial charge < -0.3 is 10.1 Å². The highest BCUT2D eigenvalue weighted by Crippen LogP contribution is 2.18. The lowest BCUT2D eigenvalue weighted by Gasteiger charge is -2.14. The van der Waals surface area contributed by atoms with Crippen LogP contribution in [0, 0.1) is 0 Å². The molecule has 1 aromatic heterocycles. The fraction of sp³-hybridized carbons (Fsp3) is 0.130. The molecule has 166 valence electrons. The maximum atomic E-state index is 12.2. The number of sulfonamides is 1. The Morgan fingerprint density at radius 2 is 1.78 bits per heavy atom. The number of pyridine rings is 1. The van der Waals surface area contributed by atoms with Crippen LogP contribution in [0.1, 0.15) is 11.3 Å². The molecule has 1 N–H and O–H groups in total. The van der Waals surface area contributed by atoms with E-state index >= 15 is 0 Å². The number of aromatic nitrogens is 1. The lowest BCUT2D eigenvalue weighted by atomic mass is 10.2. The van der Waals surface area contributed by atoms with Gasteiger partial charge in [-0.25, -0.2) is 8.42 Å². The highest BCUT2D eigenvalue weighted by molar-refractivity contribution is 7.89. The molecule has 0 aliphatic rings. The molecule has 3 aromatic rings. The van der Waals surface area contributed by atoms with Gasteiger partial charge in [0.2, 0.25) is 5.91 Å². The molecule has 1 amide bonds. The number of benzene rings is 2. The van der Waals surface area contributed by atoms with E-state index in [9.17, 15) is 13.2 Å². The molecule has 0 saturated carbocycles. The number of hydrogen-bond donors (Lipinski definition) is 1. The number of hydrogen-bond acceptors (Lipinski definition) is 6. The maximum Gasteiger partial charge on any atom is 0.264 e. The van der Waals surface area contributed by atoms with Crippen LogP contribution in [0.4, 0.5) is 5.69 Å². The van der Waals surface area contributed by atoms with Crippen molar-refractivity contribution in [3.63, 3.8) is 0 Å². The number of carbonyl (C=O) groups is 1. The van der Waals surface area contributed by atoms with Crippen LogP contribution in [0.3, 0.4) is 0 Å². The molecule has 0 atom stereocenters. The van der Waals surface area contributed by atoms with Crippen molar-refractivity contribution in [3.05, 3.63) is 90.3 Å². The molecule has 0 aliphatic heterocycles. The van der Waals surface area contributed by atoms with E-state index in [1.807, 2.05) is 42.5 Å². The van der Waals surface area contributed by atoms with Crippen molar-refractivity contribution in [1.82, 2.24) is 9.45 Å². The fourth-order valence-electron chi connectivity index (χ4n) is 2.63. The highest BCUT2D eigenvalue weighted by Gasteiger charge is 2.20. The molecular formula is C23H23N3O5S. The minimum absolute atomic E-state index is 0.0562. The summed E-state index contributed by atoms with van der Waals surface area (Å²) in [6.45, 7) is 0.375. The van der Waals surface area contributed by atoms with Crippen molar-refractivity contribution in [3.8, 4) is 5.75 Å². The maximum absolute atomic E-state index is 12.2. The lowest BCUT2D eigenvalue weighted by molar-refractivity contribution is -0.111. The number of nitrogens with one attached hydrogen (secondary N) is 1. The van der Waals surface area contributed by atoms with Gasteiger partial charge in [-0.3, -0.25) is 14.6 Å². The molecule has 0 radical (unpaired) electrons. The summed E-state index contributed by atoms with van der Waals surface area (Å²) in [4.78, 5) is 21.2. The molecule has 8 nitrogen and oxygen atoms in total. The Morgan fingerprint density at radius 3 is 2.41 bits per heavy atom. The van der Waals surface area contributed by atoms with E-state index in [4.69, 9.17) is 9.57 Å². The van der Waals surface area contributed by atoms with Crippen molar-refractivity contribution in [1.29, 1.82) is 0 Å². The summed E-state index contributed by atoms with van der Waals surface area (Å²) in [6.07, 6.45) is 4.78. The predicted molar refractivity (Wildman–Crippen MR) is 121 cm³/mol. The molecule has 0 aliphatic carbocycles. The Hall–Kier alpha value is -3.53. The Morgan fingerprint density at radius 1 is 1.06 bits per heavy atom. The van der Waals surface area contributed by atoms with E-state index in [0.717, 1.165) is 15.7 Å². The second-order valence-electron chi connectivity index (χ2n) is 6.62. The third-order valence-corrected chi connectivity index (χ3v) is 6.13. The first-order valence-electron chi connectivity index (χ1n) is 9.63. The van der Waals surface area contributed by atoms with Gasteiger partial charge in [-0.1, -0.05) is 22.7 Å². The lowest BCUT2D eigenvalue weighted by Crippen LogP contribution is -2.25. The number of hydroxylamine groups is 1. The molecule has 1 heterocycles. The van der Waals surface area contributed by atoms with Crippen LogP contribution >= 0.6 is 0 Å². The second-order valence-corrected chi connectivity index (χ2v) is 8.56. The molecule has 0 unspecified atom stereocenters. The predicted octanol–water partition coefficient (Wildman–Crippen LogP) is 3.49. The van der Waals surface area contributed by atoms with Crippen LogP contribution in [0.15, 0.2) is 83.9 Å². The molecule has 0 bridgehead atoms. The Kier molecular flexibility index (Phi) is 7.72. The quantitative estimate of drug-likeness (QED) is 0.393. The average molecular weight is 454 g/mol. The van der Waals surface area contributed by atoms with Crippen molar-refractivity contribution in [2.24, 2.45) is 0 Å². The standard InChI is InChI=1S/C23H23N3O5S/c1-26(30-2)32(28,29)22-13-9-19(10-14-22)25-23(27)15-8-18-6-11-21(12-7-18)31-17-20-5-3-4-16-24-20/h3-16H,17H2,1-2H3,(H,25,27)/b15-8+. The van der Waals surface area contributed by atoms with Gasteiger partial charge in [0.15, 0.2) is 0 Å². The minimum Gasteiger partial charge on any atom is -0.487 e. The highest BCUT2D eigenvalue weighted by atomic mass is 32.2. The van der Waals surface area contributed by atoms with Gasteiger partial charge in [0, 0.05) is 25.0 Å². The van der Waals surface area contributed by atoms with Crippen molar-refractivity contribution >= 4 is 27.7 Å². The molecule has 2 aromatic carbocycles. The van der Waals surface area contributed by atoms with Gasteiger partial charge >= 0.3 is 0 Å². The number of rotatable bonds is 9. The zero-order valence-corrected chi connectivity index (χ0v) is 18.5. The minimum atomic E-state index is -3.73. The largest absolute Gasteiger partial charge is 0.487 e. The summed E-state index contributed by atoms with van der Waals surface area (Å²) >= 11 is 0. The van der Waals surface area contributed by atoms with Gasteiger partial charge in [-0.05, 0) is 60.2 Å². The topological polar surface area (TPSA) is 97.8 Å². The van der Waals surface area contributed by atoms with Gasteiger partial charge in [0.25, 0.3) is 10.0 Å². The van der Waals surface area contributed by atoms with E-state index < -0.39 is 10.0 Å². The Balaban J connectivity index is 1.54. The third-order valence-electron chi connectivity index (χ3n) is 4.44. The SMILES string of the molecule is CON(C)S(=O)(=O)c1ccc(NC(=O)/C=C/c2ccc(OCc3ccccn3)cc2)cc1. The molecule has 0 fully saturated rings. The molecule has 0 saturated heterocycles. The first-order valence-corrected chi connectivity index (χ1v) is 11.1. The van der Waals surface area contributed by atoms with Gasteiger partial charge in [-0.15, -0.1) is 0 Å². The van der Waals surface area contributed by atoms with Crippen LogP contribution in [0.5, 0.6) is 5.75 Å². The van der Waals surface area contributed by atoms with Crippen molar-refractivity contribution < 1.29 is 22.8 Å². The summed E-state index contributed by atoms with van der Waals surface area (Å²) in [5.74, 6) is 0.358. The van der Waals surface area contributed by atoms with E-state index in [1.54, 1.807) is 12.3 Å². The van der Waals surface area contributed by atoms with Crippen LogP contribution in [-0.2, 0) is 26.3 Å². The molecule has 9 heteroatoms. The number of ether oxygens (including phenoxy) is 1. The Bertz CT molecular complexity index is 1160. The third kappa shape index (κ3) is 6.24. The summed E-state index contributed by atoms with van der Waals surface area (Å²) < 4.78 is 30.8. The number of anilines is 1. The monoisotopic (exact) mass is 453 g/mol. The second kappa shape index (κ2) is 10.7. The Labute approximate surface area is 187 Å². The molecule has 3 rings (SSSR count). The van der Waals surface area contributed by atoms with E-state index in [2.05, 4.69) is 10.3 Å². The van der Waals surface area contributed by atoms with E-state index in [-0.39, 0.29) is 10.8 Å². The molecule has 32 heavy (non-hydrogen) atoms. The summed E-state index contributed by atoms with van der Waals surface area (Å²) in [5, 5.41) is 2.69. The van der Waals surface area contributed by atoms with Crippen molar-refractivity contribution in [2.45, 2.75) is 11.5 Å². The summed E-state index contributed by atoms with van der Waals surface area (Å²) in [7, 11) is -1.17. The van der Waals surface area contributed by atoms with Gasteiger partial charge in [0.1, 0.15) is 12.4 Å². The van der Waals surface area contributed by atoms with Crippen LogP contribution in [-0.4, -0.2) is 37.9 Å². The van der Waals surface area contributed by atoms with E-state index in [1.165, 1.54) is 44.5 Å². The number of amides is 1. The zero-order chi connectivity index (χ0) is 23.0. The fourth-order valence-corrected chi connectivity index (χ4v) is 3.60. The summed E-state index contributed by atoms with van der Waals surface area (Å²) in [6, 6.07) is 18.8. The first-order chi connectivity index (χ1) is 15.4. The number of carbonyl (C=O) groups excluding carboxylic acids is 1. The molecule has 0 spiro atoms. The van der Waals surface area contributed by atoms with E-state index in [0.29, 0.717) is 18.0 Å². The average Bonchev–Trinajstić information content (AvgIpc) is 2.82. The van der Waals surface area contributed by atoms with Crippen LogP contribution < -0.4 is 10.1 Å². The summed E-state index contributed by atoms with van der Waals surface area (Å²) in [5.41, 5.74) is 2.14. The zero-order valence-electron chi connectivity index (χ0n) is 17.6. The van der Waals surface area contributed by atoms with Crippen molar-refractivity contribution in [2.75, 3.05) is 19.5 Å². The normalized spacial score (nSPS) is 11.6. The van der Waals surface area contributed by atoms with Crippen LogP contribution in [0.2, 0.25) is 0 Å². The van der Waals surface area contributed by atoms with Gasteiger partial charge in [-0.2, -0.15) is 0 Å².